The van der Waals surface area contributed by atoms with Gasteiger partial charge in [-0.15, -0.1) is 0 Å². The predicted molar refractivity (Wildman–Crippen MR) is 76.0 cm³/mol. The lowest BCUT2D eigenvalue weighted by atomic mass is 10.0. The molecule has 0 spiro atoms. The van der Waals surface area contributed by atoms with E-state index in [0.29, 0.717) is 16.2 Å². The number of ether oxygens (including phenoxy) is 1. The zero-order chi connectivity index (χ0) is 13.8. The van der Waals surface area contributed by atoms with Crippen LogP contribution in [0, 0.1) is 5.92 Å². The Balaban J connectivity index is 2.10. The molecule has 106 valence electrons. The number of likely N-dealkylation sites (tertiary alicyclic amines) is 1. The SMILES string of the molecule is COCC1CCCCN(C(=O)c2cc(Br)nn2C)C1. The number of hydrogen-bond acceptors (Lipinski definition) is 3. The molecule has 1 aromatic rings. The minimum absolute atomic E-state index is 0.0590. The second kappa shape index (κ2) is 6.52. The Kier molecular flexibility index (Phi) is 4.99. The fourth-order valence-electron chi connectivity index (χ4n) is 2.58. The summed E-state index contributed by atoms with van der Waals surface area (Å²) in [6, 6.07) is 1.78. The van der Waals surface area contributed by atoms with E-state index in [1.807, 2.05) is 4.90 Å². The summed E-state index contributed by atoms with van der Waals surface area (Å²) < 4.78 is 7.56. The van der Waals surface area contributed by atoms with Crippen molar-refractivity contribution >= 4 is 21.8 Å². The van der Waals surface area contributed by atoms with Crippen LogP contribution >= 0.6 is 15.9 Å². The summed E-state index contributed by atoms with van der Waals surface area (Å²) in [5.74, 6) is 0.497. The topological polar surface area (TPSA) is 47.4 Å². The molecule has 1 unspecified atom stereocenters. The van der Waals surface area contributed by atoms with Crippen LogP contribution in [0.1, 0.15) is 29.8 Å². The first-order valence-electron chi connectivity index (χ1n) is 6.59. The van der Waals surface area contributed by atoms with Gasteiger partial charge in [0.25, 0.3) is 5.91 Å². The molecule has 1 aromatic heterocycles. The van der Waals surface area contributed by atoms with Crippen molar-refractivity contribution in [1.82, 2.24) is 14.7 Å². The molecule has 0 N–H and O–H groups in total. The molecule has 0 aromatic carbocycles. The normalized spacial score (nSPS) is 20.4. The number of carbonyl (C=O) groups is 1. The summed E-state index contributed by atoms with van der Waals surface area (Å²) in [6.07, 6.45) is 3.35. The molecule has 6 heteroatoms. The van der Waals surface area contributed by atoms with Gasteiger partial charge >= 0.3 is 0 Å². The van der Waals surface area contributed by atoms with Crippen LogP contribution in [0.5, 0.6) is 0 Å². The quantitative estimate of drug-likeness (QED) is 0.852. The van der Waals surface area contributed by atoms with Gasteiger partial charge in [0.15, 0.2) is 0 Å². The molecule has 0 aliphatic carbocycles. The van der Waals surface area contributed by atoms with Crippen molar-refractivity contribution in [3.63, 3.8) is 0 Å². The Labute approximate surface area is 122 Å². The highest BCUT2D eigenvalue weighted by Gasteiger charge is 2.25. The molecule has 2 rings (SSSR count). The van der Waals surface area contributed by atoms with Crippen LogP contribution in [-0.2, 0) is 11.8 Å². The molecule has 5 nitrogen and oxygen atoms in total. The van der Waals surface area contributed by atoms with Gasteiger partial charge in [-0.25, -0.2) is 0 Å². The molecule has 0 radical (unpaired) electrons. The average molecular weight is 330 g/mol. The lowest BCUT2D eigenvalue weighted by molar-refractivity contribution is 0.0686. The van der Waals surface area contributed by atoms with Crippen molar-refractivity contribution < 1.29 is 9.53 Å². The highest BCUT2D eigenvalue weighted by atomic mass is 79.9. The van der Waals surface area contributed by atoms with Crippen LogP contribution in [-0.4, -0.2) is 47.4 Å². The second-order valence-electron chi connectivity index (χ2n) is 5.04. The Morgan fingerprint density at radius 3 is 3.00 bits per heavy atom. The third-order valence-electron chi connectivity index (χ3n) is 3.53. The van der Waals surface area contributed by atoms with Gasteiger partial charge in [-0.05, 0) is 34.7 Å². The van der Waals surface area contributed by atoms with Gasteiger partial charge in [0.05, 0.1) is 6.61 Å². The minimum Gasteiger partial charge on any atom is -0.384 e. The van der Waals surface area contributed by atoms with Gasteiger partial charge in [-0.2, -0.15) is 5.10 Å². The average Bonchev–Trinajstić information content (AvgIpc) is 2.59. The fourth-order valence-corrected chi connectivity index (χ4v) is 3.04. The van der Waals surface area contributed by atoms with Crippen molar-refractivity contribution in [2.75, 3.05) is 26.8 Å². The monoisotopic (exact) mass is 329 g/mol. The van der Waals surface area contributed by atoms with Crippen LogP contribution in [0.2, 0.25) is 0 Å². The summed E-state index contributed by atoms with van der Waals surface area (Å²) in [4.78, 5) is 14.5. The van der Waals surface area contributed by atoms with E-state index in [-0.39, 0.29) is 5.91 Å². The van der Waals surface area contributed by atoms with E-state index < -0.39 is 0 Å². The van der Waals surface area contributed by atoms with Gasteiger partial charge in [0, 0.05) is 33.3 Å². The van der Waals surface area contributed by atoms with E-state index in [1.165, 1.54) is 0 Å². The second-order valence-corrected chi connectivity index (χ2v) is 5.86. The number of nitrogens with zero attached hydrogens (tertiary/aromatic N) is 3. The Morgan fingerprint density at radius 2 is 2.37 bits per heavy atom. The predicted octanol–water partition coefficient (Wildman–Crippen LogP) is 2.07. The largest absolute Gasteiger partial charge is 0.384 e. The highest BCUT2D eigenvalue weighted by Crippen LogP contribution is 2.19. The molecule has 1 aliphatic rings. The first kappa shape index (κ1) is 14.5. The van der Waals surface area contributed by atoms with E-state index in [4.69, 9.17) is 4.74 Å². The number of amides is 1. The van der Waals surface area contributed by atoms with Gasteiger partial charge in [-0.1, -0.05) is 6.42 Å². The maximum Gasteiger partial charge on any atom is 0.272 e. The molecular weight excluding hydrogens is 310 g/mol. The summed E-state index contributed by atoms with van der Waals surface area (Å²) in [7, 11) is 3.51. The molecule has 0 saturated carbocycles. The molecule has 1 amide bonds. The van der Waals surface area contributed by atoms with E-state index in [1.54, 1.807) is 24.9 Å². The molecule has 2 heterocycles. The van der Waals surface area contributed by atoms with Crippen LogP contribution in [0.3, 0.4) is 0 Å². The summed E-state index contributed by atoms with van der Waals surface area (Å²) in [6.45, 7) is 2.32. The number of rotatable bonds is 3. The molecule has 19 heavy (non-hydrogen) atoms. The smallest absolute Gasteiger partial charge is 0.272 e. The van der Waals surface area contributed by atoms with Gasteiger partial charge < -0.3 is 9.64 Å². The van der Waals surface area contributed by atoms with Crippen LogP contribution in [0.25, 0.3) is 0 Å². The number of methoxy groups -OCH3 is 1. The first-order chi connectivity index (χ1) is 9.11. The zero-order valence-electron chi connectivity index (χ0n) is 11.4. The molecule has 1 aliphatic heterocycles. The fraction of sp³-hybridized carbons (Fsp3) is 0.692. The van der Waals surface area contributed by atoms with Crippen molar-refractivity contribution in [2.45, 2.75) is 19.3 Å². The number of aryl methyl sites for hydroxylation is 1. The molecule has 0 bridgehead atoms. The number of carbonyl (C=O) groups excluding carboxylic acids is 1. The Morgan fingerprint density at radius 1 is 1.58 bits per heavy atom. The maximum atomic E-state index is 12.5. The standard InChI is InChI=1S/C13H20BrN3O2/c1-16-11(7-12(14)15-16)13(18)17-6-4-3-5-10(8-17)9-19-2/h7,10H,3-6,8-9H2,1-2H3. The summed E-state index contributed by atoms with van der Waals surface area (Å²) >= 11 is 3.30. The summed E-state index contributed by atoms with van der Waals surface area (Å²) in [5.41, 5.74) is 0.630. The van der Waals surface area contributed by atoms with Crippen LogP contribution < -0.4 is 0 Å². The highest BCUT2D eigenvalue weighted by molar-refractivity contribution is 9.10. The van der Waals surface area contributed by atoms with E-state index in [9.17, 15) is 4.79 Å². The minimum atomic E-state index is 0.0590. The Hall–Kier alpha value is -0.880. The first-order valence-corrected chi connectivity index (χ1v) is 7.39. The van der Waals surface area contributed by atoms with Crippen molar-refractivity contribution in [3.8, 4) is 0 Å². The molecule has 1 fully saturated rings. The molecule has 1 atom stereocenters. The number of aromatic nitrogens is 2. The molecule has 1 saturated heterocycles. The van der Waals surface area contributed by atoms with Crippen LogP contribution in [0.4, 0.5) is 0 Å². The lowest BCUT2D eigenvalue weighted by Gasteiger charge is -2.24. The maximum absolute atomic E-state index is 12.5. The third-order valence-corrected chi connectivity index (χ3v) is 3.92. The van der Waals surface area contributed by atoms with Crippen LogP contribution in [0.15, 0.2) is 10.7 Å². The van der Waals surface area contributed by atoms with Gasteiger partial charge in [-0.3, -0.25) is 9.48 Å². The lowest BCUT2D eigenvalue weighted by Crippen LogP contribution is -2.36. The summed E-state index contributed by atoms with van der Waals surface area (Å²) in [5, 5.41) is 4.17. The van der Waals surface area contributed by atoms with E-state index in [2.05, 4.69) is 21.0 Å². The zero-order valence-corrected chi connectivity index (χ0v) is 13.0. The van der Waals surface area contributed by atoms with E-state index >= 15 is 0 Å². The van der Waals surface area contributed by atoms with Gasteiger partial charge in [0.2, 0.25) is 0 Å². The molecular formula is C13H20BrN3O2. The van der Waals surface area contributed by atoms with E-state index in [0.717, 1.165) is 39.0 Å². The van der Waals surface area contributed by atoms with Gasteiger partial charge in [0.1, 0.15) is 10.3 Å². The van der Waals surface area contributed by atoms with Crippen molar-refractivity contribution in [2.24, 2.45) is 13.0 Å². The third kappa shape index (κ3) is 3.57. The number of hydrogen-bond donors (Lipinski definition) is 0. The number of halogens is 1. The Bertz CT molecular complexity index is 447. The van der Waals surface area contributed by atoms with Crippen molar-refractivity contribution in [3.05, 3.63) is 16.4 Å². The van der Waals surface area contributed by atoms with Crippen molar-refractivity contribution in [1.29, 1.82) is 0 Å².